The van der Waals surface area contributed by atoms with E-state index in [9.17, 15) is 0 Å². The van der Waals surface area contributed by atoms with Gasteiger partial charge in [-0.2, -0.15) is 0 Å². The zero-order chi connectivity index (χ0) is 23.8. The zero-order valence-electron chi connectivity index (χ0n) is 21.9. The summed E-state index contributed by atoms with van der Waals surface area (Å²) >= 11 is 0. The molecule has 188 valence electrons. The van der Waals surface area contributed by atoms with Gasteiger partial charge in [0.25, 0.3) is 0 Å². The Bertz CT molecular complexity index is 763. The number of benzene rings is 1. The van der Waals surface area contributed by atoms with Crippen molar-refractivity contribution in [2.45, 2.75) is 117 Å². The number of aromatic nitrogens is 2. The van der Waals surface area contributed by atoms with Gasteiger partial charge in [0.05, 0.1) is 12.3 Å². The van der Waals surface area contributed by atoms with Crippen molar-refractivity contribution < 1.29 is 4.74 Å². The maximum absolute atomic E-state index is 5.75. The molecule has 1 saturated carbocycles. The van der Waals surface area contributed by atoms with Gasteiger partial charge in [0.2, 0.25) is 5.88 Å². The van der Waals surface area contributed by atoms with Crippen LogP contribution >= 0.6 is 0 Å². The van der Waals surface area contributed by atoms with Gasteiger partial charge in [-0.3, -0.25) is 0 Å². The van der Waals surface area contributed by atoms with Gasteiger partial charge < -0.3 is 4.74 Å². The number of aryl methyl sites for hydroxylation is 1. The van der Waals surface area contributed by atoms with Crippen molar-refractivity contribution in [1.82, 2.24) is 10.2 Å². The van der Waals surface area contributed by atoms with Crippen molar-refractivity contribution in [3.05, 3.63) is 42.0 Å². The Labute approximate surface area is 209 Å². The molecular weight excluding hydrogens is 416 g/mol. The lowest BCUT2D eigenvalue weighted by Crippen LogP contribution is -2.15. The van der Waals surface area contributed by atoms with E-state index in [2.05, 4.69) is 48.3 Å². The van der Waals surface area contributed by atoms with Gasteiger partial charge in [0, 0.05) is 11.6 Å². The van der Waals surface area contributed by atoms with E-state index in [1.165, 1.54) is 102 Å². The molecule has 0 saturated heterocycles. The molecule has 0 N–H and O–H groups in total. The number of rotatable bonds is 16. The Morgan fingerprint density at radius 2 is 1.32 bits per heavy atom. The molecule has 1 aromatic heterocycles. The predicted octanol–water partition coefficient (Wildman–Crippen LogP) is 9.20. The van der Waals surface area contributed by atoms with Crippen LogP contribution in [0.3, 0.4) is 0 Å². The third kappa shape index (κ3) is 9.76. The van der Waals surface area contributed by atoms with Crippen molar-refractivity contribution in [2.75, 3.05) is 6.61 Å². The highest BCUT2D eigenvalue weighted by molar-refractivity contribution is 5.59. The van der Waals surface area contributed by atoms with Crippen LogP contribution in [-0.2, 0) is 6.42 Å². The fourth-order valence-corrected chi connectivity index (χ4v) is 5.31. The van der Waals surface area contributed by atoms with Crippen LogP contribution in [0, 0.1) is 11.8 Å². The van der Waals surface area contributed by atoms with Crippen LogP contribution in [0.5, 0.6) is 5.88 Å². The molecule has 1 fully saturated rings. The highest BCUT2D eigenvalue weighted by Gasteiger charge is 2.20. The van der Waals surface area contributed by atoms with Crippen molar-refractivity contribution in [2.24, 2.45) is 11.8 Å². The average Bonchev–Trinajstić information content (AvgIpc) is 2.89. The Morgan fingerprint density at radius 1 is 0.676 bits per heavy atom. The van der Waals surface area contributed by atoms with Gasteiger partial charge >= 0.3 is 0 Å². The van der Waals surface area contributed by atoms with Crippen LogP contribution in [0.4, 0.5) is 0 Å². The van der Waals surface area contributed by atoms with Crippen molar-refractivity contribution >= 4 is 0 Å². The van der Waals surface area contributed by atoms with E-state index < -0.39 is 0 Å². The molecule has 1 aliphatic carbocycles. The normalized spacial score (nSPS) is 18.2. The Kier molecular flexibility index (Phi) is 12.5. The second-order valence-corrected chi connectivity index (χ2v) is 10.5. The van der Waals surface area contributed by atoms with Crippen LogP contribution in [0.15, 0.2) is 36.4 Å². The molecule has 1 aromatic carbocycles. The van der Waals surface area contributed by atoms with E-state index in [0.717, 1.165) is 36.1 Å². The third-order valence-electron chi connectivity index (χ3n) is 7.66. The lowest BCUT2D eigenvalue weighted by molar-refractivity contribution is 0.249. The summed E-state index contributed by atoms with van der Waals surface area (Å²) in [7, 11) is 0. The molecule has 0 atom stereocenters. The fourth-order valence-electron chi connectivity index (χ4n) is 5.31. The van der Waals surface area contributed by atoms with Crippen LogP contribution in [0.2, 0.25) is 0 Å². The molecule has 0 unspecified atom stereocenters. The first-order valence-electron chi connectivity index (χ1n) is 14.3. The highest BCUT2D eigenvalue weighted by atomic mass is 16.5. The van der Waals surface area contributed by atoms with E-state index >= 15 is 0 Å². The first kappa shape index (κ1) is 26.7. The summed E-state index contributed by atoms with van der Waals surface area (Å²) in [5.41, 5.74) is 3.49. The largest absolute Gasteiger partial charge is 0.477 e. The van der Waals surface area contributed by atoms with E-state index in [0.29, 0.717) is 5.88 Å². The van der Waals surface area contributed by atoms with Crippen LogP contribution in [0.1, 0.15) is 116 Å². The van der Waals surface area contributed by atoms with Gasteiger partial charge in [0.15, 0.2) is 0 Å². The van der Waals surface area contributed by atoms with Gasteiger partial charge in [0.1, 0.15) is 0 Å². The van der Waals surface area contributed by atoms with Crippen LogP contribution < -0.4 is 4.74 Å². The summed E-state index contributed by atoms with van der Waals surface area (Å²) in [5, 5.41) is 8.66. The van der Waals surface area contributed by atoms with Gasteiger partial charge in [-0.25, -0.2) is 0 Å². The molecule has 34 heavy (non-hydrogen) atoms. The zero-order valence-corrected chi connectivity index (χ0v) is 21.9. The summed E-state index contributed by atoms with van der Waals surface area (Å²) in [6, 6.07) is 12.9. The highest BCUT2D eigenvalue weighted by Crippen LogP contribution is 2.34. The number of hydrogen-bond acceptors (Lipinski definition) is 3. The van der Waals surface area contributed by atoms with Crippen LogP contribution in [-0.4, -0.2) is 16.8 Å². The van der Waals surface area contributed by atoms with E-state index in [4.69, 9.17) is 4.74 Å². The lowest BCUT2D eigenvalue weighted by Gasteiger charge is -2.28. The lowest BCUT2D eigenvalue weighted by atomic mass is 9.77. The first-order valence-corrected chi connectivity index (χ1v) is 14.3. The van der Waals surface area contributed by atoms with Crippen molar-refractivity contribution in [1.29, 1.82) is 0 Å². The monoisotopic (exact) mass is 464 g/mol. The molecule has 3 nitrogen and oxygen atoms in total. The SMILES string of the molecule is CCCCCCCOc1ccc(-c2ccc(CCC3CCC(CCCCCC)CC3)cc2)nn1. The average molecular weight is 465 g/mol. The summed E-state index contributed by atoms with van der Waals surface area (Å²) < 4.78 is 5.75. The quantitative estimate of drug-likeness (QED) is 0.232. The fraction of sp³-hybridized carbons (Fsp3) is 0.677. The topological polar surface area (TPSA) is 35.0 Å². The second-order valence-electron chi connectivity index (χ2n) is 10.5. The smallest absolute Gasteiger partial charge is 0.233 e. The number of ether oxygens (including phenoxy) is 1. The maximum atomic E-state index is 5.75. The number of hydrogen-bond donors (Lipinski definition) is 0. The van der Waals surface area contributed by atoms with E-state index in [1.807, 2.05) is 12.1 Å². The summed E-state index contributed by atoms with van der Waals surface area (Å²) in [6.45, 7) is 5.27. The van der Waals surface area contributed by atoms with E-state index in [-0.39, 0.29) is 0 Å². The predicted molar refractivity (Wildman–Crippen MR) is 144 cm³/mol. The van der Waals surface area contributed by atoms with Crippen molar-refractivity contribution in [3.8, 4) is 17.1 Å². The summed E-state index contributed by atoms with van der Waals surface area (Å²) in [5.74, 6) is 2.57. The summed E-state index contributed by atoms with van der Waals surface area (Å²) in [4.78, 5) is 0. The molecule has 1 heterocycles. The Hall–Kier alpha value is -1.90. The summed E-state index contributed by atoms with van der Waals surface area (Å²) in [6.07, 6.45) is 21.7. The Balaban J connectivity index is 1.34. The first-order chi connectivity index (χ1) is 16.8. The number of nitrogens with zero attached hydrogens (tertiary/aromatic N) is 2. The minimum absolute atomic E-state index is 0.631. The minimum Gasteiger partial charge on any atom is -0.477 e. The molecule has 2 aromatic rings. The van der Waals surface area contributed by atoms with Gasteiger partial charge in [-0.1, -0.05) is 122 Å². The number of unbranched alkanes of at least 4 members (excludes halogenated alkanes) is 7. The molecule has 0 bridgehead atoms. The Morgan fingerprint density at radius 3 is 1.97 bits per heavy atom. The minimum atomic E-state index is 0.631. The molecule has 0 spiro atoms. The molecule has 1 aliphatic rings. The molecule has 0 amide bonds. The molecule has 0 radical (unpaired) electrons. The molecule has 0 aliphatic heterocycles. The molecule has 3 heteroatoms. The molecular formula is C31H48N2O. The maximum Gasteiger partial charge on any atom is 0.233 e. The van der Waals surface area contributed by atoms with Crippen LogP contribution in [0.25, 0.3) is 11.3 Å². The van der Waals surface area contributed by atoms with Crippen molar-refractivity contribution in [3.63, 3.8) is 0 Å². The van der Waals surface area contributed by atoms with Gasteiger partial charge in [-0.15, -0.1) is 10.2 Å². The standard InChI is InChI=1S/C31H48N2O/c1-3-5-7-9-11-25-34-31-24-23-30(32-33-31)29-21-19-28(20-22-29)18-17-27-15-13-26(14-16-27)12-10-8-6-4-2/h19-24,26-27H,3-18,25H2,1-2H3. The molecule has 3 rings (SSSR count). The third-order valence-corrected chi connectivity index (χ3v) is 7.66. The second kappa shape index (κ2) is 15.9. The van der Waals surface area contributed by atoms with E-state index in [1.54, 1.807) is 0 Å². The van der Waals surface area contributed by atoms with Gasteiger partial charge in [-0.05, 0) is 42.7 Å².